The van der Waals surface area contributed by atoms with E-state index in [-0.39, 0.29) is 5.63 Å². The predicted molar refractivity (Wildman–Crippen MR) is 66.5 cm³/mol. The summed E-state index contributed by atoms with van der Waals surface area (Å²) in [4.78, 5) is 11.4. The highest BCUT2D eigenvalue weighted by atomic mass is 79.9. The van der Waals surface area contributed by atoms with Crippen LogP contribution < -0.4 is 10.4 Å². The van der Waals surface area contributed by atoms with Crippen LogP contribution in [0.2, 0.25) is 0 Å². The Hall–Kier alpha value is -1.29. The lowest BCUT2D eigenvalue weighted by Crippen LogP contribution is -2.01. The summed E-state index contributed by atoms with van der Waals surface area (Å²) in [5, 5.41) is 1.78. The molecule has 16 heavy (non-hydrogen) atoms. The van der Waals surface area contributed by atoms with Crippen LogP contribution in [0.1, 0.15) is 5.56 Å². The van der Waals surface area contributed by atoms with Crippen LogP contribution in [0.5, 0.6) is 5.75 Å². The molecule has 3 nitrogen and oxygen atoms in total. The lowest BCUT2D eigenvalue weighted by molar-refractivity contribution is 0.414. The van der Waals surface area contributed by atoms with Crippen LogP contribution in [0.3, 0.4) is 0 Å². The van der Waals surface area contributed by atoms with E-state index in [0.29, 0.717) is 11.3 Å². The number of hydrogen-bond donors (Lipinski definition) is 0. The molecular weight excluding hydrogens is 272 g/mol. The molecule has 0 radical (unpaired) electrons. The van der Waals surface area contributed by atoms with E-state index in [4.69, 9.17) is 9.15 Å². The minimum absolute atomic E-state index is 0.322. The Labute approximate surface area is 101 Å². The summed E-state index contributed by atoms with van der Waals surface area (Å²) >= 11 is 3.37. The number of hydrogen-bond acceptors (Lipinski definition) is 3. The number of fused-ring (bicyclic) bond motifs is 1. The molecule has 0 atom stereocenters. The van der Waals surface area contributed by atoms with Crippen molar-refractivity contribution in [2.75, 3.05) is 12.4 Å². The maximum absolute atomic E-state index is 11.4. The van der Waals surface area contributed by atoms with Crippen molar-refractivity contribution in [3.8, 4) is 5.75 Å². The Morgan fingerprint density at radius 1 is 1.38 bits per heavy atom. The molecule has 0 saturated carbocycles. The number of alkyl halides is 1. The average molecular weight is 283 g/mol. The van der Waals surface area contributed by atoms with Gasteiger partial charge in [-0.15, -0.1) is 0 Å². The van der Waals surface area contributed by atoms with Gasteiger partial charge in [0.05, 0.1) is 7.11 Å². The Balaban J connectivity index is 2.68. The highest BCUT2D eigenvalue weighted by Gasteiger charge is 2.06. The van der Waals surface area contributed by atoms with Gasteiger partial charge in [0, 0.05) is 22.8 Å². The molecule has 1 heterocycles. The molecule has 0 saturated heterocycles. The second kappa shape index (κ2) is 4.70. The van der Waals surface area contributed by atoms with E-state index in [1.807, 2.05) is 12.1 Å². The first kappa shape index (κ1) is 11.2. The lowest BCUT2D eigenvalue weighted by Gasteiger charge is -2.05. The van der Waals surface area contributed by atoms with Crippen LogP contribution in [0.25, 0.3) is 11.0 Å². The number of methoxy groups -OCH3 is 1. The molecule has 1 aromatic carbocycles. The summed E-state index contributed by atoms with van der Waals surface area (Å²) in [5.74, 6) is 0.687. The summed E-state index contributed by atoms with van der Waals surface area (Å²) in [6.07, 6.45) is 0.800. The van der Waals surface area contributed by atoms with Gasteiger partial charge in [0.15, 0.2) is 0 Å². The molecule has 0 unspecified atom stereocenters. The van der Waals surface area contributed by atoms with Gasteiger partial charge < -0.3 is 9.15 Å². The largest absolute Gasteiger partial charge is 0.497 e. The summed E-state index contributed by atoms with van der Waals surface area (Å²) in [6, 6.07) is 7.04. The van der Waals surface area contributed by atoms with Gasteiger partial charge in [-0.2, -0.15) is 0 Å². The van der Waals surface area contributed by atoms with E-state index in [9.17, 15) is 4.79 Å². The van der Waals surface area contributed by atoms with Crippen molar-refractivity contribution in [3.05, 3.63) is 40.2 Å². The van der Waals surface area contributed by atoms with E-state index in [0.717, 1.165) is 22.7 Å². The summed E-state index contributed by atoms with van der Waals surface area (Å²) < 4.78 is 10.2. The molecule has 2 rings (SSSR count). The van der Waals surface area contributed by atoms with Gasteiger partial charge in [-0.25, -0.2) is 4.79 Å². The van der Waals surface area contributed by atoms with Gasteiger partial charge in [0.1, 0.15) is 11.3 Å². The fraction of sp³-hybridized carbons (Fsp3) is 0.250. The first-order chi connectivity index (χ1) is 7.74. The number of aryl methyl sites for hydroxylation is 1. The van der Waals surface area contributed by atoms with Gasteiger partial charge in [-0.05, 0) is 24.1 Å². The van der Waals surface area contributed by atoms with Crippen molar-refractivity contribution in [2.45, 2.75) is 6.42 Å². The summed E-state index contributed by atoms with van der Waals surface area (Å²) in [6.45, 7) is 0. The molecule has 0 aliphatic heterocycles. The Morgan fingerprint density at radius 2 is 2.19 bits per heavy atom. The molecular formula is C12H11BrO3. The minimum atomic E-state index is -0.322. The number of rotatable bonds is 3. The molecule has 84 valence electrons. The third-order valence-electron chi connectivity index (χ3n) is 2.40. The highest BCUT2D eigenvalue weighted by molar-refractivity contribution is 9.09. The van der Waals surface area contributed by atoms with Crippen molar-refractivity contribution < 1.29 is 9.15 Å². The van der Waals surface area contributed by atoms with Crippen LogP contribution in [-0.4, -0.2) is 12.4 Å². The normalized spacial score (nSPS) is 10.6. The van der Waals surface area contributed by atoms with Crippen LogP contribution in [0.15, 0.2) is 33.5 Å². The van der Waals surface area contributed by atoms with Crippen LogP contribution in [-0.2, 0) is 6.42 Å². The number of benzene rings is 1. The molecule has 0 amide bonds. The van der Waals surface area contributed by atoms with Crippen molar-refractivity contribution in [1.82, 2.24) is 0 Å². The summed E-state index contributed by atoms with van der Waals surface area (Å²) in [7, 11) is 1.58. The zero-order valence-electron chi connectivity index (χ0n) is 8.83. The zero-order chi connectivity index (χ0) is 11.5. The van der Waals surface area contributed by atoms with Crippen LogP contribution in [0, 0.1) is 0 Å². The third kappa shape index (κ3) is 2.11. The molecule has 0 bridgehead atoms. The SMILES string of the molecule is COc1ccc2c(CCBr)cc(=O)oc2c1. The van der Waals surface area contributed by atoms with Gasteiger partial charge in [-0.1, -0.05) is 15.9 Å². The minimum Gasteiger partial charge on any atom is -0.497 e. The topological polar surface area (TPSA) is 39.4 Å². The number of halogens is 1. The Kier molecular flexibility index (Phi) is 3.29. The molecule has 0 aliphatic rings. The maximum atomic E-state index is 11.4. The van der Waals surface area contributed by atoms with Crippen molar-refractivity contribution in [1.29, 1.82) is 0 Å². The molecule has 0 aliphatic carbocycles. The van der Waals surface area contributed by atoms with E-state index in [1.54, 1.807) is 13.2 Å². The van der Waals surface area contributed by atoms with Crippen molar-refractivity contribution in [3.63, 3.8) is 0 Å². The molecule has 0 N–H and O–H groups in total. The molecule has 0 spiro atoms. The fourth-order valence-electron chi connectivity index (χ4n) is 1.65. The van der Waals surface area contributed by atoms with Gasteiger partial charge in [-0.3, -0.25) is 0 Å². The average Bonchev–Trinajstić information content (AvgIpc) is 2.28. The quantitative estimate of drug-likeness (QED) is 0.642. The maximum Gasteiger partial charge on any atom is 0.336 e. The van der Waals surface area contributed by atoms with Crippen LogP contribution >= 0.6 is 15.9 Å². The van der Waals surface area contributed by atoms with Gasteiger partial charge in [0.2, 0.25) is 0 Å². The fourth-order valence-corrected chi connectivity index (χ4v) is 2.07. The standard InChI is InChI=1S/C12H11BrO3/c1-15-9-2-3-10-8(4-5-13)6-12(14)16-11(10)7-9/h2-3,6-7H,4-5H2,1H3. The Bertz CT molecular complexity index is 560. The van der Waals surface area contributed by atoms with Gasteiger partial charge in [0.25, 0.3) is 0 Å². The predicted octanol–water partition coefficient (Wildman–Crippen LogP) is 2.74. The second-order valence-electron chi connectivity index (χ2n) is 3.39. The van der Waals surface area contributed by atoms with Crippen LogP contribution in [0.4, 0.5) is 0 Å². The van der Waals surface area contributed by atoms with E-state index in [1.165, 1.54) is 6.07 Å². The molecule has 4 heteroatoms. The lowest BCUT2D eigenvalue weighted by atomic mass is 10.1. The molecule has 1 aromatic heterocycles. The molecule has 2 aromatic rings. The second-order valence-corrected chi connectivity index (χ2v) is 4.18. The first-order valence-electron chi connectivity index (χ1n) is 4.91. The summed E-state index contributed by atoms with van der Waals surface area (Å²) in [5.41, 5.74) is 1.24. The van der Waals surface area contributed by atoms with Crippen molar-refractivity contribution in [2.24, 2.45) is 0 Å². The zero-order valence-corrected chi connectivity index (χ0v) is 10.4. The van der Waals surface area contributed by atoms with E-state index < -0.39 is 0 Å². The Morgan fingerprint density at radius 3 is 2.88 bits per heavy atom. The van der Waals surface area contributed by atoms with Crippen molar-refractivity contribution >= 4 is 26.9 Å². The number of ether oxygens (including phenoxy) is 1. The van der Waals surface area contributed by atoms with Gasteiger partial charge >= 0.3 is 5.63 Å². The smallest absolute Gasteiger partial charge is 0.336 e. The monoisotopic (exact) mass is 282 g/mol. The highest BCUT2D eigenvalue weighted by Crippen LogP contribution is 2.22. The molecule has 0 fully saturated rings. The van der Waals surface area contributed by atoms with E-state index >= 15 is 0 Å². The third-order valence-corrected chi connectivity index (χ3v) is 2.80. The van der Waals surface area contributed by atoms with E-state index in [2.05, 4.69) is 15.9 Å². The first-order valence-corrected chi connectivity index (χ1v) is 6.03.